The lowest BCUT2D eigenvalue weighted by Crippen LogP contribution is -2.11. The summed E-state index contributed by atoms with van der Waals surface area (Å²) in [6.07, 6.45) is 0. The molecule has 0 radical (unpaired) electrons. The van der Waals surface area contributed by atoms with Crippen LogP contribution < -0.4 is 10.1 Å². The van der Waals surface area contributed by atoms with E-state index < -0.39 is 0 Å². The first-order valence-electron chi connectivity index (χ1n) is 5.79. The van der Waals surface area contributed by atoms with Gasteiger partial charge < -0.3 is 10.1 Å². The summed E-state index contributed by atoms with van der Waals surface area (Å²) in [5.74, 6) is 0.514. The fraction of sp³-hybridized carbons (Fsp3) is 0.417. The topological polar surface area (TPSA) is 59.9 Å². The number of aromatic nitrogens is 3. The van der Waals surface area contributed by atoms with E-state index in [2.05, 4.69) is 27.4 Å². The molecule has 1 N–H and O–H groups in total. The van der Waals surface area contributed by atoms with Gasteiger partial charge in [0.15, 0.2) is 0 Å². The predicted molar refractivity (Wildman–Crippen MR) is 71.8 cm³/mol. The summed E-state index contributed by atoms with van der Waals surface area (Å²) in [6, 6.07) is 3.67. The van der Waals surface area contributed by atoms with Crippen molar-refractivity contribution in [3.63, 3.8) is 0 Å². The summed E-state index contributed by atoms with van der Waals surface area (Å²) in [6.45, 7) is 5.91. The summed E-state index contributed by atoms with van der Waals surface area (Å²) < 4.78 is 4.99. The third-order valence-electron chi connectivity index (χ3n) is 2.50. The molecule has 5 nitrogen and oxygen atoms in total. The lowest BCUT2D eigenvalue weighted by molar-refractivity contribution is 0.392. The first-order chi connectivity index (χ1) is 8.74. The molecule has 0 bridgehead atoms. The van der Waals surface area contributed by atoms with Crippen LogP contribution in [-0.4, -0.2) is 28.8 Å². The maximum atomic E-state index is 4.99. The van der Waals surface area contributed by atoms with E-state index in [0.29, 0.717) is 5.88 Å². The van der Waals surface area contributed by atoms with Crippen LogP contribution in [-0.2, 0) is 6.54 Å². The van der Waals surface area contributed by atoms with E-state index in [4.69, 9.17) is 4.74 Å². The van der Waals surface area contributed by atoms with E-state index in [9.17, 15) is 0 Å². The maximum Gasteiger partial charge on any atom is 0.233 e. The van der Waals surface area contributed by atoms with Gasteiger partial charge in [-0.3, -0.25) is 0 Å². The largest absolute Gasteiger partial charge is 0.480 e. The Hall–Kier alpha value is -1.53. The molecule has 18 heavy (non-hydrogen) atoms. The second-order valence-electron chi connectivity index (χ2n) is 3.77. The number of aryl methyl sites for hydroxylation is 1. The van der Waals surface area contributed by atoms with Gasteiger partial charge in [0.05, 0.1) is 12.8 Å². The smallest absolute Gasteiger partial charge is 0.233 e. The van der Waals surface area contributed by atoms with Crippen LogP contribution in [0, 0.1) is 6.92 Å². The van der Waals surface area contributed by atoms with E-state index >= 15 is 0 Å². The van der Waals surface area contributed by atoms with Crippen molar-refractivity contribution >= 4 is 11.3 Å². The van der Waals surface area contributed by atoms with Gasteiger partial charge in [-0.25, -0.2) is 4.98 Å². The standard InChI is InChI=1S/C12H16N4OS/c1-4-13-7-10-8(2)14-12(18-10)9-5-6-11(17-3)16-15-9/h5-6,13H,4,7H2,1-3H3. The van der Waals surface area contributed by atoms with E-state index in [1.807, 2.05) is 13.0 Å². The van der Waals surface area contributed by atoms with Crippen LogP contribution in [0.15, 0.2) is 12.1 Å². The monoisotopic (exact) mass is 264 g/mol. The highest BCUT2D eigenvalue weighted by molar-refractivity contribution is 7.15. The highest BCUT2D eigenvalue weighted by Crippen LogP contribution is 2.26. The van der Waals surface area contributed by atoms with Gasteiger partial charge in [0.25, 0.3) is 0 Å². The van der Waals surface area contributed by atoms with Gasteiger partial charge in [0, 0.05) is 17.5 Å². The molecule has 2 heterocycles. The van der Waals surface area contributed by atoms with Gasteiger partial charge in [-0.05, 0) is 19.5 Å². The van der Waals surface area contributed by atoms with Crippen molar-refractivity contribution in [3.8, 4) is 16.6 Å². The van der Waals surface area contributed by atoms with Crippen LogP contribution in [0.4, 0.5) is 0 Å². The third kappa shape index (κ3) is 2.83. The minimum atomic E-state index is 0.514. The molecule has 2 aromatic heterocycles. The van der Waals surface area contributed by atoms with Gasteiger partial charge in [0.2, 0.25) is 5.88 Å². The van der Waals surface area contributed by atoms with Gasteiger partial charge in [-0.15, -0.1) is 21.5 Å². The Morgan fingerprint density at radius 1 is 1.33 bits per heavy atom. The number of hydrogen-bond acceptors (Lipinski definition) is 6. The van der Waals surface area contributed by atoms with Crippen LogP contribution in [0.2, 0.25) is 0 Å². The molecule has 0 saturated heterocycles. The molecule has 2 rings (SSSR count). The number of hydrogen-bond donors (Lipinski definition) is 1. The fourth-order valence-corrected chi connectivity index (χ4v) is 2.48. The quantitative estimate of drug-likeness (QED) is 0.895. The van der Waals surface area contributed by atoms with Crippen molar-refractivity contribution in [2.45, 2.75) is 20.4 Å². The molecule has 0 aliphatic rings. The summed E-state index contributed by atoms with van der Waals surface area (Å²) in [4.78, 5) is 5.76. The van der Waals surface area contributed by atoms with Crippen molar-refractivity contribution in [2.24, 2.45) is 0 Å². The lowest BCUT2D eigenvalue weighted by Gasteiger charge is -1.98. The molecular weight excluding hydrogens is 248 g/mol. The SMILES string of the molecule is CCNCc1sc(-c2ccc(OC)nn2)nc1C. The summed E-state index contributed by atoms with van der Waals surface area (Å²) in [7, 11) is 1.58. The minimum absolute atomic E-state index is 0.514. The zero-order chi connectivity index (χ0) is 13.0. The first-order valence-corrected chi connectivity index (χ1v) is 6.61. The van der Waals surface area contributed by atoms with E-state index in [0.717, 1.165) is 29.5 Å². The Kier molecular flexibility index (Phi) is 4.22. The van der Waals surface area contributed by atoms with Crippen molar-refractivity contribution in [1.82, 2.24) is 20.5 Å². The molecule has 0 fully saturated rings. The normalized spacial score (nSPS) is 10.6. The van der Waals surface area contributed by atoms with Crippen LogP contribution in [0.5, 0.6) is 5.88 Å². The maximum absolute atomic E-state index is 4.99. The summed E-state index contributed by atoms with van der Waals surface area (Å²) >= 11 is 1.65. The van der Waals surface area contributed by atoms with Crippen LogP contribution in [0.25, 0.3) is 10.7 Å². The molecule has 6 heteroatoms. The molecule has 0 atom stereocenters. The van der Waals surface area contributed by atoms with Crippen molar-refractivity contribution in [3.05, 3.63) is 22.7 Å². The number of nitrogens with one attached hydrogen (secondary N) is 1. The van der Waals surface area contributed by atoms with Gasteiger partial charge in [0.1, 0.15) is 10.7 Å². The second-order valence-corrected chi connectivity index (χ2v) is 4.85. The van der Waals surface area contributed by atoms with E-state index in [1.165, 1.54) is 4.88 Å². The van der Waals surface area contributed by atoms with E-state index in [1.54, 1.807) is 24.5 Å². The fourth-order valence-electron chi connectivity index (χ4n) is 1.48. The zero-order valence-corrected chi connectivity index (χ0v) is 11.5. The molecule has 0 aromatic carbocycles. The van der Waals surface area contributed by atoms with E-state index in [-0.39, 0.29) is 0 Å². The summed E-state index contributed by atoms with van der Waals surface area (Å²) in [5.41, 5.74) is 1.83. The molecule has 0 aliphatic carbocycles. The molecular formula is C12H16N4OS. The third-order valence-corrected chi connectivity index (χ3v) is 3.68. The van der Waals surface area contributed by atoms with Crippen LogP contribution in [0.3, 0.4) is 0 Å². The molecule has 0 spiro atoms. The zero-order valence-electron chi connectivity index (χ0n) is 10.7. The molecule has 0 unspecified atom stereocenters. The first kappa shape index (κ1) is 12.9. The Morgan fingerprint density at radius 3 is 2.78 bits per heavy atom. The number of nitrogens with zero attached hydrogens (tertiary/aromatic N) is 3. The average Bonchev–Trinajstić information content (AvgIpc) is 2.78. The molecule has 2 aromatic rings. The Balaban J connectivity index is 2.21. The van der Waals surface area contributed by atoms with Gasteiger partial charge in [-0.2, -0.15) is 0 Å². The highest BCUT2D eigenvalue weighted by Gasteiger charge is 2.10. The second kappa shape index (κ2) is 5.88. The average molecular weight is 264 g/mol. The minimum Gasteiger partial charge on any atom is -0.480 e. The number of rotatable bonds is 5. The number of ether oxygens (including phenoxy) is 1. The summed E-state index contributed by atoms with van der Waals surface area (Å²) in [5, 5.41) is 12.3. The lowest BCUT2D eigenvalue weighted by atomic mass is 10.3. The van der Waals surface area contributed by atoms with Crippen LogP contribution in [0.1, 0.15) is 17.5 Å². The Bertz CT molecular complexity index is 509. The molecule has 0 aliphatic heterocycles. The van der Waals surface area contributed by atoms with Crippen molar-refractivity contribution < 1.29 is 4.74 Å². The van der Waals surface area contributed by atoms with Crippen molar-refractivity contribution in [2.75, 3.05) is 13.7 Å². The Morgan fingerprint density at radius 2 is 2.17 bits per heavy atom. The predicted octanol–water partition coefficient (Wildman–Crippen LogP) is 2.03. The molecule has 0 saturated carbocycles. The Labute approximate surface area is 110 Å². The van der Waals surface area contributed by atoms with Crippen LogP contribution >= 0.6 is 11.3 Å². The molecule has 0 amide bonds. The van der Waals surface area contributed by atoms with Gasteiger partial charge >= 0.3 is 0 Å². The van der Waals surface area contributed by atoms with Crippen molar-refractivity contribution in [1.29, 1.82) is 0 Å². The number of methoxy groups -OCH3 is 1. The number of thiazole rings is 1. The highest BCUT2D eigenvalue weighted by atomic mass is 32.1. The molecule has 96 valence electrons. The van der Waals surface area contributed by atoms with Gasteiger partial charge in [-0.1, -0.05) is 6.92 Å².